The third kappa shape index (κ3) is 13.7. The number of nitrogens with two attached hydrogens (primary N) is 2. The molecule has 0 aliphatic rings. The number of aliphatic hydroxyl groups excluding tert-OH is 1. The van der Waals surface area contributed by atoms with Gasteiger partial charge in [0.2, 0.25) is 29.5 Å². The van der Waals surface area contributed by atoms with E-state index in [9.17, 15) is 39.0 Å². The van der Waals surface area contributed by atoms with Crippen LogP contribution in [0.2, 0.25) is 0 Å². The number of aliphatic carboxylic acids is 1. The van der Waals surface area contributed by atoms with Crippen molar-refractivity contribution in [1.29, 1.82) is 0 Å². The Kier molecular flexibility index (Phi) is 18.3. The molecular formula is C28H53N7O8. The Morgan fingerprint density at radius 1 is 0.674 bits per heavy atom. The van der Waals surface area contributed by atoms with Crippen molar-refractivity contribution < 1.29 is 39.0 Å². The maximum atomic E-state index is 13.4. The largest absolute Gasteiger partial charge is 0.480 e. The monoisotopic (exact) mass is 615 g/mol. The van der Waals surface area contributed by atoms with Crippen molar-refractivity contribution in [2.45, 2.75) is 110 Å². The Morgan fingerprint density at radius 2 is 1.19 bits per heavy atom. The average molecular weight is 616 g/mol. The number of aliphatic hydroxyl groups is 1. The van der Waals surface area contributed by atoms with Gasteiger partial charge in [-0.25, -0.2) is 4.79 Å². The number of amides is 5. The second-order valence-corrected chi connectivity index (χ2v) is 11.5. The summed E-state index contributed by atoms with van der Waals surface area (Å²) < 4.78 is 0. The van der Waals surface area contributed by atoms with E-state index in [1.54, 1.807) is 34.6 Å². The van der Waals surface area contributed by atoms with Gasteiger partial charge in [0.05, 0.1) is 6.61 Å². The molecule has 0 aromatic carbocycles. The minimum Gasteiger partial charge on any atom is -0.480 e. The van der Waals surface area contributed by atoms with Crippen LogP contribution < -0.4 is 38.1 Å². The van der Waals surface area contributed by atoms with Crippen molar-refractivity contribution in [3.63, 3.8) is 0 Å². The van der Waals surface area contributed by atoms with Crippen molar-refractivity contribution in [2.75, 3.05) is 13.2 Å². The van der Waals surface area contributed by atoms with Crippen molar-refractivity contribution in [1.82, 2.24) is 26.6 Å². The van der Waals surface area contributed by atoms with Crippen molar-refractivity contribution in [3.05, 3.63) is 0 Å². The highest BCUT2D eigenvalue weighted by atomic mass is 16.4. The summed E-state index contributed by atoms with van der Waals surface area (Å²) in [4.78, 5) is 76.2. The van der Waals surface area contributed by atoms with Gasteiger partial charge in [0.1, 0.15) is 36.3 Å². The normalized spacial score (nSPS) is 16.2. The highest BCUT2D eigenvalue weighted by molar-refractivity contribution is 5.96. The van der Waals surface area contributed by atoms with Crippen molar-refractivity contribution in [2.24, 2.45) is 29.2 Å². The van der Waals surface area contributed by atoms with Crippen LogP contribution in [0.15, 0.2) is 0 Å². The van der Waals surface area contributed by atoms with Crippen LogP contribution in [0, 0.1) is 17.8 Å². The molecule has 0 fully saturated rings. The van der Waals surface area contributed by atoms with Crippen LogP contribution in [-0.2, 0) is 28.8 Å². The molecule has 0 heterocycles. The summed E-state index contributed by atoms with van der Waals surface area (Å²) in [6.07, 6.45) is 1.78. The molecule has 248 valence electrons. The lowest BCUT2D eigenvalue weighted by molar-refractivity contribution is -0.143. The zero-order valence-electron chi connectivity index (χ0n) is 26.4. The van der Waals surface area contributed by atoms with E-state index in [1.165, 1.54) is 6.92 Å². The third-order valence-electron chi connectivity index (χ3n) is 7.14. The smallest absolute Gasteiger partial charge is 0.326 e. The van der Waals surface area contributed by atoms with Crippen LogP contribution in [0.5, 0.6) is 0 Å². The van der Waals surface area contributed by atoms with Gasteiger partial charge in [-0.2, -0.15) is 0 Å². The molecule has 0 aliphatic heterocycles. The summed E-state index contributed by atoms with van der Waals surface area (Å²) in [6, 6.07) is -6.68. The first kappa shape index (κ1) is 39.7. The number of hydrogen-bond donors (Lipinski definition) is 9. The number of carboxylic acid groups (broad SMARTS) is 1. The Bertz CT molecular complexity index is 946. The molecule has 0 spiro atoms. The first-order chi connectivity index (χ1) is 20.0. The maximum Gasteiger partial charge on any atom is 0.326 e. The zero-order valence-corrected chi connectivity index (χ0v) is 26.4. The SMILES string of the molecule is CC[C@H](C)[C@H](NC(=O)[C@H](N)CO)C(=O)N[C@@H](CCCCN)C(=O)N[C@H](C(=O)N[C@@H](C)C(=O)N[C@H](C(=O)O)C(C)C)C(C)C. The lowest BCUT2D eigenvalue weighted by Crippen LogP contribution is -2.60. The fourth-order valence-electron chi connectivity index (χ4n) is 4.02. The van der Waals surface area contributed by atoms with Crippen LogP contribution in [0.1, 0.15) is 74.1 Å². The van der Waals surface area contributed by atoms with E-state index >= 15 is 0 Å². The van der Waals surface area contributed by atoms with Crippen LogP contribution in [0.3, 0.4) is 0 Å². The minimum atomic E-state index is -1.22. The molecule has 0 aliphatic carbocycles. The molecule has 43 heavy (non-hydrogen) atoms. The standard InChI is InChI=1S/C28H53N7O8/c1-8-16(6)22(35-24(38)18(30)13-36)27(41)32-19(11-9-10-12-29)25(39)33-20(14(2)3)26(40)31-17(7)23(37)34-21(15(4)5)28(42)43/h14-22,36H,8-13,29-30H2,1-7H3,(H,31,40)(H,32,41)(H,33,39)(H,34,37)(H,35,38)(H,42,43)/t16-,17-,18+,19-,20-,21-,22-/m0/s1. The second kappa shape index (κ2) is 19.8. The summed E-state index contributed by atoms with van der Waals surface area (Å²) in [7, 11) is 0. The lowest BCUT2D eigenvalue weighted by Gasteiger charge is -2.29. The first-order valence-corrected chi connectivity index (χ1v) is 14.8. The number of hydrogen-bond acceptors (Lipinski definition) is 9. The molecule has 0 unspecified atom stereocenters. The van der Waals surface area contributed by atoms with Gasteiger partial charge in [-0.15, -0.1) is 0 Å². The molecule has 15 heteroatoms. The molecule has 0 saturated carbocycles. The maximum absolute atomic E-state index is 13.4. The van der Waals surface area contributed by atoms with E-state index in [1.807, 2.05) is 6.92 Å². The van der Waals surface area contributed by atoms with Gasteiger partial charge < -0.3 is 48.3 Å². The summed E-state index contributed by atoms with van der Waals surface area (Å²) in [5.41, 5.74) is 11.2. The van der Waals surface area contributed by atoms with E-state index in [0.29, 0.717) is 25.8 Å². The predicted molar refractivity (Wildman–Crippen MR) is 160 cm³/mol. The highest BCUT2D eigenvalue weighted by Crippen LogP contribution is 2.11. The van der Waals surface area contributed by atoms with Crippen molar-refractivity contribution >= 4 is 35.5 Å². The zero-order chi connectivity index (χ0) is 33.4. The van der Waals surface area contributed by atoms with Gasteiger partial charge in [0, 0.05) is 0 Å². The number of unbranched alkanes of at least 4 members (excludes halogenated alkanes) is 1. The molecule has 0 saturated heterocycles. The Morgan fingerprint density at radius 3 is 1.65 bits per heavy atom. The van der Waals surface area contributed by atoms with Gasteiger partial charge in [0.15, 0.2) is 0 Å². The first-order valence-electron chi connectivity index (χ1n) is 14.8. The molecule has 5 amide bonds. The number of carboxylic acids is 1. The molecule has 0 aromatic heterocycles. The van der Waals surface area contributed by atoms with Gasteiger partial charge in [-0.3, -0.25) is 24.0 Å². The number of nitrogens with one attached hydrogen (secondary N) is 5. The topological polar surface area (TPSA) is 255 Å². The minimum absolute atomic E-state index is 0.198. The van der Waals surface area contributed by atoms with Crippen LogP contribution in [0.25, 0.3) is 0 Å². The van der Waals surface area contributed by atoms with E-state index in [2.05, 4.69) is 26.6 Å². The molecule has 7 atom stereocenters. The Balaban J connectivity index is 5.79. The summed E-state index contributed by atoms with van der Waals surface area (Å²) in [6.45, 7) is 11.4. The van der Waals surface area contributed by atoms with E-state index in [-0.39, 0.29) is 12.3 Å². The number of carbonyl (C=O) groups is 6. The summed E-state index contributed by atoms with van der Waals surface area (Å²) in [5.74, 6) is -5.72. The fourth-order valence-corrected chi connectivity index (χ4v) is 4.02. The number of carbonyl (C=O) groups excluding carboxylic acids is 5. The van der Waals surface area contributed by atoms with E-state index in [4.69, 9.17) is 11.5 Å². The molecule has 15 nitrogen and oxygen atoms in total. The number of rotatable bonds is 20. The molecule has 0 radical (unpaired) electrons. The fraction of sp³-hybridized carbons (Fsp3) is 0.786. The average Bonchev–Trinajstić information content (AvgIpc) is 2.94. The summed E-state index contributed by atoms with van der Waals surface area (Å²) in [5, 5.41) is 31.3. The quantitative estimate of drug-likeness (QED) is 0.0703. The molecule has 0 bridgehead atoms. The second-order valence-electron chi connectivity index (χ2n) is 11.5. The van der Waals surface area contributed by atoms with Crippen LogP contribution in [-0.4, -0.2) is 95.1 Å². The van der Waals surface area contributed by atoms with E-state index in [0.717, 1.165) is 0 Å². The van der Waals surface area contributed by atoms with Crippen LogP contribution in [0.4, 0.5) is 0 Å². The van der Waals surface area contributed by atoms with E-state index < -0.39 is 90.2 Å². The van der Waals surface area contributed by atoms with Crippen LogP contribution >= 0.6 is 0 Å². The lowest BCUT2D eigenvalue weighted by atomic mass is 9.96. The molecule has 0 aromatic rings. The van der Waals surface area contributed by atoms with Gasteiger partial charge in [-0.1, -0.05) is 48.0 Å². The van der Waals surface area contributed by atoms with Crippen molar-refractivity contribution in [3.8, 4) is 0 Å². The van der Waals surface area contributed by atoms with Gasteiger partial charge in [-0.05, 0) is 50.5 Å². The van der Waals surface area contributed by atoms with Gasteiger partial charge in [0.25, 0.3) is 0 Å². The predicted octanol–water partition coefficient (Wildman–Crippen LogP) is -1.68. The Labute approximate surface area is 254 Å². The van der Waals surface area contributed by atoms with Gasteiger partial charge >= 0.3 is 5.97 Å². The molecule has 11 N–H and O–H groups in total. The Hall–Kier alpha value is -3.30. The third-order valence-corrected chi connectivity index (χ3v) is 7.14. The molecular weight excluding hydrogens is 562 g/mol. The highest BCUT2D eigenvalue weighted by Gasteiger charge is 2.34. The summed E-state index contributed by atoms with van der Waals surface area (Å²) >= 11 is 0. The molecule has 0 rings (SSSR count).